The molecule has 0 aliphatic rings. The lowest BCUT2D eigenvalue weighted by molar-refractivity contribution is 0.0607. The standard InChI is InChI=1S/C11H11N3O3S/c1-6-5-18-9(11(16)17-2)8(6)14-10(15)7-3-12-13-4-7/h3-5H,1-2H3,(H,12,13)(H,14,15). The van der Waals surface area contributed by atoms with Crippen LogP contribution in [0.15, 0.2) is 17.8 Å². The van der Waals surface area contributed by atoms with Crippen molar-refractivity contribution in [3.05, 3.63) is 33.8 Å². The molecule has 0 bridgehead atoms. The van der Waals surface area contributed by atoms with Gasteiger partial charge in [-0.05, 0) is 17.9 Å². The largest absolute Gasteiger partial charge is 0.465 e. The molecule has 2 rings (SSSR count). The summed E-state index contributed by atoms with van der Waals surface area (Å²) in [5.74, 6) is -0.786. The average molecular weight is 265 g/mol. The maximum Gasteiger partial charge on any atom is 0.350 e. The van der Waals surface area contributed by atoms with Gasteiger partial charge in [0.25, 0.3) is 5.91 Å². The molecule has 2 N–H and O–H groups in total. The summed E-state index contributed by atoms with van der Waals surface area (Å²) in [6.45, 7) is 1.81. The monoisotopic (exact) mass is 265 g/mol. The molecule has 7 heteroatoms. The highest BCUT2D eigenvalue weighted by molar-refractivity contribution is 7.12. The van der Waals surface area contributed by atoms with Crippen LogP contribution < -0.4 is 5.32 Å². The van der Waals surface area contributed by atoms with Crippen molar-refractivity contribution in [2.75, 3.05) is 12.4 Å². The Morgan fingerprint density at radius 3 is 2.89 bits per heavy atom. The lowest BCUT2D eigenvalue weighted by atomic mass is 10.2. The second-order valence-electron chi connectivity index (χ2n) is 3.56. The van der Waals surface area contributed by atoms with Gasteiger partial charge in [0.1, 0.15) is 4.88 Å². The number of methoxy groups -OCH3 is 1. The van der Waals surface area contributed by atoms with Crippen LogP contribution in [0, 0.1) is 6.92 Å². The molecule has 0 saturated carbocycles. The van der Waals surface area contributed by atoms with Crippen molar-refractivity contribution in [2.24, 2.45) is 0 Å². The van der Waals surface area contributed by atoms with E-state index in [1.165, 1.54) is 30.8 Å². The number of carbonyl (C=O) groups excluding carboxylic acids is 2. The molecular weight excluding hydrogens is 254 g/mol. The van der Waals surface area contributed by atoms with Gasteiger partial charge in [-0.2, -0.15) is 5.10 Å². The number of ether oxygens (including phenoxy) is 1. The van der Waals surface area contributed by atoms with Crippen molar-refractivity contribution in [2.45, 2.75) is 6.92 Å². The number of aryl methyl sites for hydroxylation is 1. The van der Waals surface area contributed by atoms with Gasteiger partial charge >= 0.3 is 5.97 Å². The molecule has 0 aliphatic carbocycles. The minimum Gasteiger partial charge on any atom is -0.465 e. The molecule has 1 amide bonds. The molecule has 0 atom stereocenters. The van der Waals surface area contributed by atoms with Crippen LogP contribution >= 0.6 is 11.3 Å². The van der Waals surface area contributed by atoms with Gasteiger partial charge in [0.15, 0.2) is 0 Å². The Morgan fingerprint density at radius 1 is 1.50 bits per heavy atom. The third-order valence-corrected chi connectivity index (χ3v) is 3.42. The predicted molar refractivity (Wildman–Crippen MR) is 66.9 cm³/mol. The molecule has 0 unspecified atom stereocenters. The SMILES string of the molecule is COC(=O)c1scc(C)c1NC(=O)c1cn[nH]c1. The number of esters is 1. The molecule has 0 aromatic carbocycles. The van der Waals surface area contributed by atoms with Crippen LogP contribution in [0.1, 0.15) is 25.6 Å². The Bertz CT molecular complexity index is 574. The van der Waals surface area contributed by atoms with Gasteiger partial charge in [-0.1, -0.05) is 0 Å². The number of anilines is 1. The number of amides is 1. The van der Waals surface area contributed by atoms with E-state index in [-0.39, 0.29) is 5.91 Å². The molecule has 0 aliphatic heterocycles. The number of rotatable bonds is 3. The number of aromatic nitrogens is 2. The lowest BCUT2D eigenvalue weighted by Crippen LogP contribution is -2.14. The third kappa shape index (κ3) is 2.25. The summed E-state index contributed by atoms with van der Waals surface area (Å²) in [6, 6.07) is 0. The van der Waals surface area contributed by atoms with Gasteiger partial charge in [-0.15, -0.1) is 11.3 Å². The summed E-state index contributed by atoms with van der Waals surface area (Å²) in [5.41, 5.74) is 1.70. The Labute approximate surface area is 107 Å². The molecular formula is C11H11N3O3S. The fourth-order valence-electron chi connectivity index (χ4n) is 1.40. The molecule has 0 fully saturated rings. The van der Waals surface area contributed by atoms with E-state index in [4.69, 9.17) is 0 Å². The van der Waals surface area contributed by atoms with Crippen molar-refractivity contribution >= 4 is 28.9 Å². The quantitative estimate of drug-likeness (QED) is 0.829. The Kier molecular flexibility index (Phi) is 3.42. The van der Waals surface area contributed by atoms with E-state index in [9.17, 15) is 9.59 Å². The topological polar surface area (TPSA) is 84.1 Å². The first-order valence-corrected chi connectivity index (χ1v) is 5.98. The second kappa shape index (κ2) is 5.01. The van der Waals surface area contributed by atoms with Gasteiger partial charge in [0, 0.05) is 6.20 Å². The van der Waals surface area contributed by atoms with E-state index in [0.717, 1.165) is 5.56 Å². The smallest absolute Gasteiger partial charge is 0.350 e. The fourth-order valence-corrected chi connectivity index (χ4v) is 2.33. The number of hydrogen-bond donors (Lipinski definition) is 2. The first-order chi connectivity index (χ1) is 8.63. The zero-order valence-electron chi connectivity index (χ0n) is 9.81. The van der Waals surface area contributed by atoms with Gasteiger partial charge in [-0.25, -0.2) is 4.79 Å². The molecule has 0 radical (unpaired) electrons. The van der Waals surface area contributed by atoms with Crippen LogP contribution in [0.25, 0.3) is 0 Å². The maximum atomic E-state index is 11.9. The molecule has 2 aromatic rings. The summed E-state index contributed by atoms with van der Waals surface area (Å²) in [6.07, 6.45) is 2.89. The molecule has 94 valence electrons. The second-order valence-corrected chi connectivity index (χ2v) is 4.44. The normalized spacial score (nSPS) is 10.1. The number of H-pyrrole nitrogens is 1. The first kappa shape index (κ1) is 12.3. The zero-order valence-corrected chi connectivity index (χ0v) is 10.6. The van der Waals surface area contributed by atoms with E-state index in [2.05, 4.69) is 20.3 Å². The van der Waals surface area contributed by atoms with Crippen molar-refractivity contribution < 1.29 is 14.3 Å². The highest BCUT2D eigenvalue weighted by Crippen LogP contribution is 2.28. The number of thiophene rings is 1. The summed E-state index contributed by atoms with van der Waals surface area (Å²) < 4.78 is 4.66. The summed E-state index contributed by atoms with van der Waals surface area (Å²) in [5, 5.41) is 10.7. The maximum absolute atomic E-state index is 11.9. The van der Waals surface area contributed by atoms with Crippen LogP contribution in [0.3, 0.4) is 0 Å². The van der Waals surface area contributed by atoms with E-state index in [1.807, 2.05) is 6.92 Å². The van der Waals surface area contributed by atoms with E-state index >= 15 is 0 Å². The highest BCUT2D eigenvalue weighted by Gasteiger charge is 2.19. The Balaban J connectivity index is 2.26. The molecule has 18 heavy (non-hydrogen) atoms. The van der Waals surface area contributed by atoms with Crippen LogP contribution in [0.4, 0.5) is 5.69 Å². The van der Waals surface area contributed by atoms with Crippen molar-refractivity contribution in [3.8, 4) is 0 Å². The predicted octanol–water partition coefficient (Wildman–Crippen LogP) is 1.82. The molecule has 0 spiro atoms. The minimum atomic E-state index is -0.462. The van der Waals surface area contributed by atoms with E-state index in [1.54, 1.807) is 5.38 Å². The summed E-state index contributed by atoms with van der Waals surface area (Å²) in [4.78, 5) is 23.8. The molecule has 0 saturated heterocycles. The number of aromatic amines is 1. The van der Waals surface area contributed by atoms with E-state index < -0.39 is 5.97 Å². The molecule has 6 nitrogen and oxygen atoms in total. The van der Waals surface area contributed by atoms with E-state index in [0.29, 0.717) is 16.1 Å². The fraction of sp³-hybridized carbons (Fsp3) is 0.182. The van der Waals surface area contributed by atoms with Gasteiger partial charge in [0.05, 0.1) is 24.6 Å². The first-order valence-electron chi connectivity index (χ1n) is 5.10. The van der Waals surface area contributed by atoms with Crippen molar-refractivity contribution in [1.29, 1.82) is 0 Å². The van der Waals surface area contributed by atoms with Crippen molar-refractivity contribution in [3.63, 3.8) is 0 Å². The highest BCUT2D eigenvalue weighted by atomic mass is 32.1. The third-order valence-electron chi connectivity index (χ3n) is 2.34. The lowest BCUT2D eigenvalue weighted by Gasteiger charge is -2.05. The molecule has 2 heterocycles. The Hall–Kier alpha value is -2.15. The Morgan fingerprint density at radius 2 is 2.28 bits per heavy atom. The summed E-state index contributed by atoms with van der Waals surface area (Å²) in [7, 11) is 1.30. The number of hydrogen-bond acceptors (Lipinski definition) is 5. The van der Waals surface area contributed by atoms with Crippen LogP contribution in [-0.2, 0) is 4.74 Å². The average Bonchev–Trinajstić information content (AvgIpc) is 2.99. The van der Waals surface area contributed by atoms with Crippen LogP contribution in [0.5, 0.6) is 0 Å². The van der Waals surface area contributed by atoms with Gasteiger partial charge < -0.3 is 10.1 Å². The van der Waals surface area contributed by atoms with Crippen molar-refractivity contribution in [1.82, 2.24) is 10.2 Å². The van der Waals surface area contributed by atoms with Gasteiger partial charge in [-0.3, -0.25) is 9.89 Å². The number of carbonyl (C=O) groups is 2. The minimum absolute atomic E-state index is 0.324. The summed E-state index contributed by atoms with van der Waals surface area (Å²) >= 11 is 1.24. The zero-order chi connectivity index (χ0) is 13.1. The number of nitrogens with one attached hydrogen (secondary N) is 2. The van der Waals surface area contributed by atoms with Gasteiger partial charge in [0.2, 0.25) is 0 Å². The molecule has 2 aromatic heterocycles. The van der Waals surface area contributed by atoms with Crippen LogP contribution in [-0.4, -0.2) is 29.2 Å². The van der Waals surface area contributed by atoms with Crippen LogP contribution in [0.2, 0.25) is 0 Å². The number of nitrogens with zero attached hydrogens (tertiary/aromatic N) is 1.